The minimum Gasteiger partial charge on any atom is -0.388 e. The molecule has 1 aliphatic rings. The summed E-state index contributed by atoms with van der Waals surface area (Å²) in [4.78, 5) is 10.9. The van der Waals surface area contributed by atoms with Gasteiger partial charge in [0.2, 0.25) is 0 Å². The Morgan fingerprint density at radius 1 is 1.35 bits per heavy atom. The van der Waals surface area contributed by atoms with Crippen molar-refractivity contribution in [2.45, 2.75) is 31.3 Å². The van der Waals surface area contributed by atoms with Gasteiger partial charge in [0, 0.05) is 30.5 Å². The summed E-state index contributed by atoms with van der Waals surface area (Å²) < 4.78 is 0.923. The molecule has 2 heterocycles. The van der Waals surface area contributed by atoms with Crippen molar-refractivity contribution in [3.63, 3.8) is 0 Å². The quantitative estimate of drug-likeness (QED) is 0.936. The van der Waals surface area contributed by atoms with Crippen LogP contribution >= 0.6 is 15.9 Å². The third-order valence-electron chi connectivity index (χ3n) is 4.00. The largest absolute Gasteiger partial charge is 0.388 e. The molecule has 1 saturated carbocycles. The second-order valence-corrected chi connectivity index (χ2v) is 6.55. The van der Waals surface area contributed by atoms with Crippen LogP contribution in [0.25, 0.3) is 11.0 Å². The molecule has 4 nitrogen and oxygen atoms in total. The fraction of sp³-hybridized carbons (Fsp3) is 0.467. The minimum atomic E-state index is -0.556. The average Bonchev–Trinajstić information content (AvgIpc) is 2.84. The molecule has 20 heavy (non-hydrogen) atoms. The lowest BCUT2D eigenvalue weighted by molar-refractivity contribution is 0.0560. The molecule has 106 valence electrons. The van der Waals surface area contributed by atoms with Crippen LogP contribution in [0.2, 0.25) is 0 Å². The summed E-state index contributed by atoms with van der Waals surface area (Å²) in [5.74, 6) is 0. The van der Waals surface area contributed by atoms with Crippen LogP contribution < -0.4 is 4.90 Å². The third-order valence-corrected chi connectivity index (χ3v) is 4.43. The highest BCUT2D eigenvalue weighted by atomic mass is 79.9. The topological polar surface area (TPSA) is 49.2 Å². The maximum absolute atomic E-state index is 10.6. The number of hydrogen-bond acceptors (Lipinski definition) is 4. The van der Waals surface area contributed by atoms with Crippen molar-refractivity contribution in [1.82, 2.24) is 9.97 Å². The van der Waals surface area contributed by atoms with Gasteiger partial charge in [-0.3, -0.25) is 9.97 Å². The van der Waals surface area contributed by atoms with E-state index in [1.807, 2.05) is 19.2 Å². The van der Waals surface area contributed by atoms with Crippen LogP contribution in [0.5, 0.6) is 0 Å². The molecule has 0 bridgehead atoms. The molecule has 1 aliphatic carbocycles. The van der Waals surface area contributed by atoms with Gasteiger partial charge in [0.1, 0.15) is 5.52 Å². The zero-order valence-corrected chi connectivity index (χ0v) is 13.1. The smallest absolute Gasteiger partial charge is 0.112 e. The van der Waals surface area contributed by atoms with Crippen molar-refractivity contribution < 1.29 is 5.11 Å². The van der Waals surface area contributed by atoms with Gasteiger partial charge >= 0.3 is 0 Å². The van der Waals surface area contributed by atoms with Gasteiger partial charge in [-0.05, 0) is 40.9 Å². The van der Waals surface area contributed by atoms with E-state index in [0.29, 0.717) is 6.54 Å². The summed E-state index contributed by atoms with van der Waals surface area (Å²) in [6.07, 6.45) is 7.59. The van der Waals surface area contributed by atoms with Gasteiger partial charge in [0.25, 0.3) is 0 Å². The molecule has 0 unspecified atom stereocenters. The van der Waals surface area contributed by atoms with Crippen LogP contribution in [0.3, 0.4) is 0 Å². The second kappa shape index (κ2) is 5.30. The van der Waals surface area contributed by atoms with Crippen molar-refractivity contribution >= 4 is 32.7 Å². The van der Waals surface area contributed by atoms with E-state index in [1.165, 1.54) is 0 Å². The number of rotatable bonds is 3. The number of likely N-dealkylation sites (N-methyl/N-ethyl adjacent to an activating group) is 1. The summed E-state index contributed by atoms with van der Waals surface area (Å²) in [6, 6.07) is 3.92. The zero-order chi connectivity index (χ0) is 14.2. The first-order chi connectivity index (χ1) is 9.57. The van der Waals surface area contributed by atoms with E-state index in [9.17, 15) is 5.11 Å². The number of pyridine rings is 2. The first-order valence-electron chi connectivity index (χ1n) is 6.91. The lowest BCUT2D eigenvalue weighted by Gasteiger charge is -2.30. The van der Waals surface area contributed by atoms with Gasteiger partial charge in [-0.2, -0.15) is 0 Å². The molecule has 1 fully saturated rings. The van der Waals surface area contributed by atoms with E-state index >= 15 is 0 Å². The number of nitrogens with zero attached hydrogens (tertiary/aromatic N) is 3. The molecule has 2 aromatic heterocycles. The van der Waals surface area contributed by atoms with Crippen molar-refractivity contribution in [2.75, 3.05) is 18.5 Å². The van der Waals surface area contributed by atoms with Crippen molar-refractivity contribution in [1.29, 1.82) is 0 Å². The van der Waals surface area contributed by atoms with Gasteiger partial charge in [0.05, 0.1) is 16.8 Å². The summed E-state index contributed by atoms with van der Waals surface area (Å²) in [7, 11) is 2.01. The van der Waals surface area contributed by atoms with Crippen LogP contribution in [-0.4, -0.2) is 34.3 Å². The van der Waals surface area contributed by atoms with Gasteiger partial charge in [0.15, 0.2) is 0 Å². The normalized spacial score (nSPS) is 17.6. The Kier molecular flexibility index (Phi) is 3.65. The first kappa shape index (κ1) is 13.8. The highest BCUT2D eigenvalue weighted by molar-refractivity contribution is 9.10. The molecule has 0 spiro atoms. The highest BCUT2D eigenvalue weighted by Crippen LogP contribution is 2.32. The van der Waals surface area contributed by atoms with Crippen LogP contribution in [-0.2, 0) is 0 Å². The first-order valence-corrected chi connectivity index (χ1v) is 7.70. The molecule has 0 radical (unpaired) electrons. The molecule has 0 amide bonds. The van der Waals surface area contributed by atoms with E-state index in [1.54, 1.807) is 12.4 Å². The van der Waals surface area contributed by atoms with Gasteiger partial charge in [-0.1, -0.05) is 12.8 Å². The second-order valence-electron chi connectivity index (χ2n) is 5.64. The van der Waals surface area contributed by atoms with Gasteiger partial charge < -0.3 is 10.0 Å². The predicted octanol–water partition coefficient (Wildman–Crippen LogP) is 3.13. The standard InChI is InChI=1S/C15H18BrN3O/c1-19(10-15(20)5-2-3-6-15)13-4-7-17-12-8-11(16)9-18-14(12)13/h4,7-9,20H,2-3,5-6,10H2,1H3. The van der Waals surface area contributed by atoms with Crippen molar-refractivity contribution in [3.8, 4) is 0 Å². The molecule has 0 aromatic carbocycles. The Bertz CT molecular complexity index is 626. The maximum atomic E-state index is 10.6. The molecule has 3 rings (SSSR count). The van der Waals surface area contributed by atoms with E-state index in [-0.39, 0.29) is 0 Å². The fourth-order valence-corrected chi connectivity index (χ4v) is 3.34. The molecule has 1 N–H and O–H groups in total. The highest BCUT2D eigenvalue weighted by Gasteiger charge is 2.32. The van der Waals surface area contributed by atoms with E-state index in [4.69, 9.17) is 0 Å². The maximum Gasteiger partial charge on any atom is 0.112 e. The van der Waals surface area contributed by atoms with Crippen LogP contribution in [0, 0.1) is 0 Å². The number of aliphatic hydroxyl groups is 1. The average molecular weight is 336 g/mol. The SMILES string of the molecule is CN(CC1(O)CCCC1)c1ccnc2cc(Br)cnc12. The third kappa shape index (κ3) is 2.65. The Balaban J connectivity index is 1.93. The zero-order valence-electron chi connectivity index (χ0n) is 11.5. The number of aromatic nitrogens is 2. The molecule has 0 aliphatic heterocycles. The Morgan fingerprint density at radius 3 is 2.85 bits per heavy atom. The Morgan fingerprint density at radius 2 is 2.10 bits per heavy atom. The number of halogens is 1. The van der Waals surface area contributed by atoms with E-state index < -0.39 is 5.60 Å². The van der Waals surface area contributed by atoms with E-state index in [0.717, 1.165) is 46.9 Å². The van der Waals surface area contributed by atoms with Gasteiger partial charge in [-0.15, -0.1) is 0 Å². The summed E-state index contributed by atoms with van der Waals surface area (Å²) in [6.45, 7) is 0.643. The van der Waals surface area contributed by atoms with Crippen LogP contribution in [0.4, 0.5) is 5.69 Å². The summed E-state index contributed by atoms with van der Waals surface area (Å²) >= 11 is 3.42. The monoisotopic (exact) mass is 335 g/mol. The van der Waals surface area contributed by atoms with Crippen LogP contribution in [0.1, 0.15) is 25.7 Å². The van der Waals surface area contributed by atoms with E-state index in [2.05, 4.69) is 30.8 Å². The lowest BCUT2D eigenvalue weighted by atomic mass is 10.0. The lowest BCUT2D eigenvalue weighted by Crippen LogP contribution is -2.39. The molecular formula is C15H18BrN3O. The molecule has 2 aromatic rings. The minimum absolute atomic E-state index is 0.556. The van der Waals surface area contributed by atoms with Crippen molar-refractivity contribution in [3.05, 3.63) is 29.0 Å². The summed E-state index contributed by atoms with van der Waals surface area (Å²) in [5.41, 5.74) is 2.20. The number of hydrogen-bond donors (Lipinski definition) is 1. The van der Waals surface area contributed by atoms with Crippen LogP contribution in [0.15, 0.2) is 29.0 Å². The molecule has 0 saturated heterocycles. The Labute approximate surface area is 127 Å². The van der Waals surface area contributed by atoms with Gasteiger partial charge in [-0.25, -0.2) is 0 Å². The summed E-state index contributed by atoms with van der Waals surface area (Å²) in [5, 5.41) is 10.6. The molecular weight excluding hydrogens is 318 g/mol. The number of anilines is 1. The van der Waals surface area contributed by atoms with Crippen molar-refractivity contribution in [2.24, 2.45) is 0 Å². The predicted molar refractivity (Wildman–Crippen MR) is 83.9 cm³/mol. The molecule has 5 heteroatoms. The fourth-order valence-electron chi connectivity index (χ4n) is 3.02. The Hall–Kier alpha value is -1.20. The molecule has 0 atom stereocenters. The number of fused-ring (bicyclic) bond motifs is 1.